The van der Waals surface area contributed by atoms with Crippen LogP contribution in [0.2, 0.25) is 0 Å². The number of alkyl halides is 3. The van der Waals surface area contributed by atoms with Crippen LogP contribution in [0.15, 0.2) is 36.5 Å². The van der Waals surface area contributed by atoms with Gasteiger partial charge in [-0.1, -0.05) is 24.3 Å². The van der Waals surface area contributed by atoms with Crippen LogP contribution in [0, 0.1) is 11.3 Å². The van der Waals surface area contributed by atoms with Crippen LogP contribution in [0.5, 0.6) is 0 Å². The summed E-state index contributed by atoms with van der Waals surface area (Å²) in [6.45, 7) is 1.27. The number of thiophene rings is 1. The molecule has 1 N–H and O–H groups in total. The second-order valence-corrected chi connectivity index (χ2v) is 7.57. The maximum Gasteiger partial charge on any atom is 0.435 e. The molecule has 4 rings (SSSR count). The monoisotopic (exact) mass is 388 g/mol. The number of fused-ring (bicyclic) bond motifs is 1. The molecule has 0 amide bonds. The third-order valence-corrected chi connectivity index (χ3v) is 5.74. The molecule has 8 heteroatoms. The van der Waals surface area contributed by atoms with Crippen LogP contribution in [-0.2, 0) is 19.8 Å². The summed E-state index contributed by atoms with van der Waals surface area (Å²) >= 11 is 1.43. The molecule has 4 nitrogen and oxygen atoms in total. The fraction of sp³-hybridized carbons (Fsp3) is 0.263. The molecule has 1 atom stereocenters. The van der Waals surface area contributed by atoms with E-state index in [2.05, 4.69) is 16.5 Å². The number of aryl methyl sites for hydroxylation is 1. The zero-order valence-electron chi connectivity index (χ0n) is 14.3. The Morgan fingerprint density at radius 1 is 1.26 bits per heavy atom. The number of hydrogen-bond acceptors (Lipinski definition) is 4. The minimum Gasteiger partial charge on any atom is -0.311 e. The summed E-state index contributed by atoms with van der Waals surface area (Å²) < 4.78 is 41.7. The number of rotatable bonds is 2. The molecular weight excluding hydrogens is 373 g/mol. The SMILES string of the molecule is Cn1cc(-c2ccccc2[C@@H]2CNCc3sc(C#N)cc32)c(C(F)(F)F)n1. The van der Waals surface area contributed by atoms with Crippen molar-refractivity contribution < 1.29 is 13.2 Å². The van der Waals surface area contributed by atoms with Crippen molar-refractivity contribution >= 4 is 11.3 Å². The Kier molecular flexibility index (Phi) is 4.29. The van der Waals surface area contributed by atoms with Crippen molar-refractivity contribution in [2.45, 2.75) is 18.6 Å². The first-order chi connectivity index (χ1) is 12.9. The largest absolute Gasteiger partial charge is 0.435 e. The van der Waals surface area contributed by atoms with Gasteiger partial charge in [0.1, 0.15) is 10.9 Å². The van der Waals surface area contributed by atoms with Gasteiger partial charge in [0.2, 0.25) is 0 Å². The average Bonchev–Trinajstić information content (AvgIpc) is 3.24. The standard InChI is InChI=1S/C19H15F3N4S/c1-26-10-16(18(25-26)19(20,21)22)13-5-3-2-4-12(13)15-8-24-9-17-14(15)6-11(7-23)27-17/h2-6,10,15,24H,8-9H2,1H3/t15-/m0/s1. The summed E-state index contributed by atoms with van der Waals surface area (Å²) in [6.07, 6.45) is -3.12. The molecule has 3 heterocycles. The van der Waals surface area contributed by atoms with Crippen molar-refractivity contribution in [1.82, 2.24) is 15.1 Å². The lowest BCUT2D eigenvalue weighted by Crippen LogP contribution is -2.27. The van der Waals surface area contributed by atoms with Crippen LogP contribution in [0.1, 0.15) is 32.5 Å². The van der Waals surface area contributed by atoms with Gasteiger partial charge >= 0.3 is 6.18 Å². The molecule has 0 bridgehead atoms. The van der Waals surface area contributed by atoms with E-state index < -0.39 is 11.9 Å². The van der Waals surface area contributed by atoms with Crippen molar-refractivity contribution in [3.8, 4) is 17.2 Å². The molecule has 0 saturated heterocycles. The van der Waals surface area contributed by atoms with E-state index >= 15 is 0 Å². The number of nitriles is 1. The second-order valence-electron chi connectivity index (χ2n) is 6.43. The van der Waals surface area contributed by atoms with E-state index in [1.54, 1.807) is 12.1 Å². The highest BCUT2D eigenvalue weighted by Gasteiger charge is 2.38. The number of benzene rings is 1. The van der Waals surface area contributed by atoms with E-state index in [1.165, 1.54) is 29.3 Å². The average molecular weight is 388 g/mol. The Hall–Kier alpha value is -2.63. The maximum absolute atomic E-state index is 13.5. The van der Waals surface area contributed by atoms with Crippen molar-refractivity contribution in [2.24, 2.45) is 7.05 Å². The Balaban J connectivity index is 1.88. The highest BCUT2D eigenvalue weighted by Crippen LogP contribution is 2.42. The fourth-order valence-corrected chi connectivity index (χ4v) is 4.58. The first-order valence-electron chi connectivity index (χ1n) is 8.32. The predicted molar refractivity (Wildman–Crippen MR) is 96.2 cm³/mol. The van der Waals surface area contributed by atoms with E-state index in [0.29, 0.717) is 23.5 Å². The number of nitrogens with zero attached hydrogens (tertiary/aromatic N) is 3. The summed E-state index contributed by atoms with van der Waals surface area (Å²) in [5.74, 6) is -0.121. The van der Waals surface area contributed by atoms with Crippen LogP contribution < -0.4 is 5.32 Å². The van der Waals surface area contributed by atoms with Gasteiger partial charge in [0.05, 0.1) is 0 Å². The van der Waals surface area contributed by atoms with Gasteiger partial charge in [0.15, 0.2) is 5.69 Å². The van der Waals surface area contributed by atoms with Crippen LogP contribution in [-0.4, -0.2) is 16.3 Å². The van der Waals surface area contributed by atoms with Crippen LogP contribution >= 0.6 is 11.3 Å². The molecule has 0 saturated carbocycles. The highest BCUT2D eigenvalue weighted by atomic mass is 32.1. The highest BCUT2D eigenvalue weighted by molar-refractivity contribution is 7.12. The van der Waals surface area contributed by atoms with Gasteiger partial charge in [-0.25, -0.2) is 0 Å². The third kappa shape index (κ3) is 3.13. The number of nitrogens with one attached hydrogen (secondary N) is 1. The zero-order chi connectivity index (χ0) is 19.2. The van der Waals surface area contributed by atoms with Crippen molar-refractivity contribution in [3.63, 3.8) is 0 Å². The summed E-state index contributed by atoms with van der Waals surface area (Å²) in [5, 5.41) is 16.2. The Morgan fingerprint density at radius 3 is 2.78 bits per heavy atom. The quantitative estimate of drug-likeness (QED) is 0.713. The van der Waals surface area contributed by atoms with Crippen molar-refractivity contribution in [2.75, 3.05) is 6.54 Å². The van der Waals surface area contributed by atoms with Gasteiger partial charge < -0.3 is 5.32 Å². The second kappa shape index (κ2) is 6.51. The van der Waals surface area contributed by atoms with Gasteiger partial charge in [-0.2, -0.15) is 23.5 Å². The third-order valence-electron chi connectivity index (χ3n) is 4.69. The van der Waals surface area contributed by atoms with Crippen LogP contribution in [0.4, 0.5) is 13.2 Å². The summed E-state index contributed by atoms with van der Waals surface area (Å²) in [5.41, 5.74) is 1.52. The Bertz CT molecular complexity index is 1040. The number of halogens is 3. The van der Waals surface area contributed by atoms with Gasteiger partial charge in [-0.3, -0.25) is 4.68 Å². The van der Waals surface area contributed by atoms with Crippen LogP contribution in [0.25, 0.3) is 11.1 Å². The van der Waals surface area contributed by atoms with E-state index in [-0.39, 0.29) is 11.5 Å². The molecule has 0 fully saturated rings. The topological polar surface area (TPSA) is 53.6 Å². The minimum atomic E-state index is -4.53. The molecule has 1 aromatic carbocycles. The lowest BCUT2D eigenvalue weighted by molar-refractivity contribution is -0.140. The number of aromatic nitrogens is 2. The van der Waals surface area contributed by atoms with Crippen molar-refractivity contribution in [1.29, 1.82) is 5.26 Å². The summed E-state index contributed by atoms with van der Waals surface area (Å²) in [7, 11) is 1.49. The first-order valence-corrected chi connectivity index (χ1v) is 9.13. The van der Waals surface area contributed by atoms with Crippen molar-refractivity contribution in [3.05, 3.63) is 63.1 Å². The zero-order valence-corrected chi connectivity index (χ0v) is 15.2. The summed E-state index contributed by atoms with van der Waals surface area (Å²) in [6, 6.07) is 11.1. The van der Waals surface area contributed by atoms with Gasteiger partial charge in [0, 0.05) is 42.7 Å². The van der Waals surface area contributed by atoms with Gasteiger partial charge in [-0.05, 0) is 22.8 Å². The maximum atomic E-state index is 13.5. The molecule has 27 heavy (non-hydrogen) atoms. The number of hydrogen-bond donors (Lipinski definition) is 1. The molecule has 1 aliphatic rings. The molecule has 0 spiro atoms. The molecule has 2 aromatic heterocycles. The van der Waals surface area contributed by atoms with Gasteiger partial charge in [0.25, 0.3) is 0 Å². The fourth-order valence-electron chi connectivity index (χ4n) is 3.59. The lowest BCUT2D eigenvalue weighted by atomic mass is 9.84. The molecule has 138 valence electrons. The van der Waals surface area contributed by atoms with Gasteiger partial charge in [-0.15, -0.1) is 11.3 Å². The van der Waals surface area contributed by atoms with E-state index in [9.17, 15) is 18.4 Å². The Labute approximate surface area is 157 Å². The molecule has 0 unspecified atom stereocenters. The summed E-state index contributed by atoms with van der Waals surface area (Å²) in [4.78, 5) is 1.67. The first kappa shape index (κ1) is 17.8. The minimum absolute atomic E-state index is 0.0726. The molecule has 0 radical (unpaired) electrons. The molecule has 1 aliphatic heterocycles. The van der Waals surface area contributed by atoms with E-state index in [1.807, 2.05) is 18.2 Å². The molecular formula is C19H15F3N4S. The van der Waals surface area contributed by atoms with Crippen LogP contribution in [0.3, 0.4) is 0 Å². The molecule has 3 aromatic rings. The normalized spacial score (nSPS) is 16.8. The smallest absolute Gasteiger partial charge is 0.311 e. The van der Waals surface area contributed by atoms with E-state index in [0.717, 1.165) is 16.0 Å². The predicted octanol–water partition coefficient (Wildman–Crippen LogP) is 4.27. The Morgan fingerprint density at radius 2 is 2.04 bits per heavy atom. The molecule has 0 aliphatic carbocycles. The lowest BCUT2D eigenvalue weighted by Gasteiger charge is -2.26. The van der Waals surface area contributed by atoms with E-state index in [4.69, 9.17) is 0 Å².